The zero-order valence-electron chi connectivity index (χ0n) is 10.9. The fraction of sp³-hybridized carbons (Fsp3) is 0.800. The topological polar surface area (TPSA) is 142 Å². The monoisotopic (exact) mass is 325 g/mol. The number of urea groups is 1. The predicted molar refractivity (Wildman–Crippen MR) is 77.0 cm³/mol. The third-order valence-corrected chi connectivity index (χ3v) is 4.58. The Morgan fingerprint density at radius 2 is 2.10 bits per heavy atom. The lowest BCUT2D eigenvalue weighted by Crippen LogP contribution is -2.36. The largest absolute Gasteiger partial charge is 0.481 e. The summed E-state index contributed by atoms with van der Waals surface area (Å²) in [5.41, 5.74) is 4.21. The minimum absolute atomic E-state index is 0.0640. The molecule has 6 N–H and O–H groups in total. The minimum atomic E-state index is -2.63. The van der Waals surface area contributed by atoms with Gasteiger partial charge in [0.2, 0.25) is 0 Å². The Morgan fingerprint density at radius 3 is 2.70 bits per heavy atom. The normalized spacial score (nSPS) is 28.7. The molecule has 1 unspecified atom stereocenters. The number of unbranched alkanes of at least 4 members (excludes halogenated alkanes) is 1. The van der Waals surface area contributed by atoms with Crippen LogP contribution in [0.25, 0.3) is 0 Å². The third kappa shape index (κ3) is 6.13. The lowest BCUT2D eigenvalue weighted by atomic mass is 10.0. The van der Waals surface area contributed by atoms with E-state index in [9.17, 15) is 9.59 Å². The van der Waals surface area contributed by atoms with Crippen LogP contribution in [-0.2, 0) is 9.36 Å². The highest BCUT2D eigenvalue weighted by Crippen LogP contribution is 2.33. The van der Waals surface area contributed by atoms with E-state index in [0.717, 1.165) is 25.0 Å². The number of hydrogen-bond acceptors (Lipinski definition) is 4. The lowest BCUT2D eigenvalue weighted by molar-refractivity contribution is -0.137. The summed E-state index contributed by atoms with van der Waals surface area (Å²) in [4.78, 5) is 28.8. The molecule has 116 valence electrons. The number of nitrogens with one attached hydrogen (secondary N) is 2. The maximum Gasteiger partial charge on any atom is 0.315 e. The van der Waals surface area contributed by atoms with Gasteiger partial charge in [-0.3, -0.25) is 14.9 Å². The summed E-state index contributed by atoms with van der Waals surface area (Å²) in [5, 5.41) is 14.8. The predicted octanol–water partition coefficient (Wildman–Crippen LogP) is 0.124. The molecule has 10 heteroatoms. The van der Waals surface area contributed by atoms with Crippen molar-refractivity contribution in [1.29, 1.82) is 0 Å². The smallest absolute Gasteiger partial charge is 0.315 e. The van der Waals surface area contributed by atoms with Gasteiger partial charge in [0.05, 0.1) is 12.1 Å². The Bertz CT molecular complexity index is 380. The van der Waals surface area contributed by atoms with E-state index in [2.05, 4.69) is 16.1 Å². The highest BCUT2D eigenvalue weighted by molar-refractivity contribution is 8.00. The molecule has 2 heterocycles. The van der Waals surface area contributed by atoms with Gasteiger partial charge >= 0.3 is 12.0 Å². The number of nitrogens with two attached hydrogens (primary N) is 1. The maximum atomic E-state index is 11.1. The van der Waals surface area contributed by atoms with Crippen molar-refractivity contribution in [2.75, 3.05) is 5.75 Å². The van der Waals surface area contributed by atoms with E-state index < -0.39 is 14.1 Å². The van der Waals surface area contributed by atoms with Crippen LogP contribution in [0.4, 0.5) is 4.79 Å². The summed E-state index contributed by atoms with van der Waals surface area (Å²) in [5.74, 6) is 0.236. The molecule has 2 fully saturated rings. The Labute approximate surface area is 121 Å². The Kier molecular flexibility index (Phi) is 7.36. The number of aliphatic carboxylic acids is 1. The molecular weight excluding hydrogens is 305 g/mol. The van der Waals surface area contributed by atoms with E-state index in [1.807, 2.05) is 11.8 Å². The summed E-state index contributed by atoms with van der Waals surface area (Å²) in [6, 6.07) is 0.440. The molecule has 2 amide bonds. The minimum Gasteiger partial charge on any atom is -0.481 e. The van der Waals surface area contributed by atoms with Crippen LogP contribution < -0.4 is 16.1 Å². The van der Waals surface area contributed by atoms with Crippen molar-refractivity contribution in [1.82, 2.24) is 10.6 Å². The SMILES string of the molecule is N[PH](=O)O.O=C(O)CCCC[C@@H]1SC[C@@H]2NC(=O)N[C@@H]21. The van der Waals surface area contributed by atoms with Gasteiger partial charge in [-0.05, 0) is 12.8 Å². The molecule has 2 aliphatic heterocycles. The summed E-state index contributed by atoms with van der Waals surface area (Å²) >= 11 is 1.87. The fourth-order valence-corrected chi connectivity index (χ4v) is 3.81. The number of carbonyl (C=O) groups is 2. The van der Waals surface area contributed by atoms with Crippen LogP contribution in [0.2, 0.25) is 0 Å². The number of amides is 2. The maximum absolute atomic E-state index is 11.1. The summed E-state index contributed by atoms with van der Waals surface area (Å²) in [6.45, 7) is 0. The second kappa shape index (κ2) is 8.51. The number of carbonyl (C=O) groups excluding carboxylic acids is 1. The number of rotatable bonds is 5. The second-order valence-electron chi connectivity index (χ2n) is 4.60. The molecule has 0 bridgehead atoms. The van der Waals surface area contributed by atoms with Crippen LogP contribution in [0, 0.1) is 0 Å². The first-order valence-electron chi connectivity index (χ1n) is 6.29. The molecule has 0 aromatic heterocycles. The highest BCUT2D eigenvalue weighted by atomic mass is 32.2. The standard InChI is InChI=1S/C10H16N2O3S.H4NO2P/c13-8(14)4-2-1-3-7-9-6(5-16-7)11-10(15)12-9;1-4(2)3/h6-7,9H,1-5H2,(H,13,14)(H2,11,12,15);4H,(H3,1,2,3)/t6-,7-,9-;/m0./s1. The molecule has 20 heavy (non-hydrogen) atoms. The van der Waals surface area contributed by atoms with Gasteiger partial charge in [0.15, 0.2) is 0 Å². The van der Waals surface area contributed by atoms with Crippen LogP contribution in [0.15, 0.2) is 0 Å². The second-order valence-corrected chi connectivity index (χ2v) is 6.55. The molecule has 4 atom stereocenters. The zero-order valence-corrected chi connectivity index (χ0v) is 12.7. The lowest BCUT2D eigenvalue weighted by Gasteiger charge is -2.16. The molecule has 0 aliphatic carbocycles. The molecule has 0 aromatic rings. The number of carboxylic acid groups (broad SMARTS) is 1. The van der Waals surface area contributed by atoms with Gasteiger partial charge in [0.1, 0.15) is 0 Å². The van der Waals surface area contributed by atoms with Gasteiger partial charge in [-0.2, -0.15) is 11.8 Å². The summed E-state index contributed by atoms with van der Waals surface area (Å²) < 4.78 is 8.96. The molecule has 0 aromatic carbocycles. The van der Waals surface area contributed by atoms with Crippen LogP contribution >= 0.6 is 19.9 Å². The molecule has 2 aliphatic rings. The Morgan fingerprint density at radius 1 is 1.45 bits per heavy atom. The van der Waals surface area contributed by atoms with Crippen molar-refractivity contribution < 1.29 is 24.2 Å². The number of hydrogen-bond donors (Lipinski definition) is 5. The summed E-state index contributed by atoms with van der Waals surface area (Å²) in [6.07, 6.45) is 2.88. The number of carboxylic acids is 1. The van der Waals surface area contributed by atoms with Crippen molar-refractivity contribution in [2.24, 2.45) is 5.50 Å². The van der Waals surface area contributed by atoms with E-state index in [1.54, 1.807) is 0 Å². The molecule has 2 saturated heterocycles. The van der Waals surface area contributed by atoms with Crippen molar-refractivity contribution >= 4 is 31.9 Å². The van der Waals surface area contributed by atoms with Crippen LogP contribution in [-0.4, -0.2) is 45.1 Å². The van der Waals surface area contributed by atoms with Crippen molar-refractivity contribution in [3.63, 3.8) is 0 Å². The van der Waals surface area contributed by atoms with Crippen molar-refractivity contribution in [3.8, 4) is 0 Å². The average molecular weight is 325 g/mol. The average Bonchev–Trinajstić information content (AvgIpc) is 2.83. The van der Waals surface area contributed by atoms with Gasteiger partial charge in [0.25, 0.3) is 8.18 Å². The Hall–Kier alpha value is -0.760. The molecule has 0 radical (unpaired) electrons. The first-order chi connectivity index (χ1) is 9.40. The zero-order chi connectivity index (χ0) is 15.1. The number of fused-ring (bicyclic) bond motifs is 1. The van der Waals surface area contributed by atoms with E-state index in [0.29, 0.717) is 5.25 Å². The van der Waals surface area contributed by atoms with Gasteiger partial charge in [-0.1, -0.05) is 6.42 Å². The van der Waals surface area contributed by atoms with Gasteiger partial charge in [-0.15, -0.1) is 0 Å². The Balaban J connectivity index is 0.000000444. The molecule has 0 saturated carbocycles. The van der Waals surface area contributed by atoms with Crippen LogP contribution in [0.3, 0.4) is 0 Å². The van der Waals surface area contributed by atoms with E-state index in [4.69, 9.17) is 14.6 Å². The third-order valence-electron chi connectivity index (χ3n) is 3.07. The van der Waals surface area contributed by atoms with Crippen LogP contribution in [0.1, 0.15) is 25.7 Å². The molecule has 8 nitrogen and oxygen atoms in total. The fourth-order valence-electron chi connectivity index (χ4n) is 2.26. The first-order valence-corrected chi connectivity index (χ1v) is 8.77. The molecular formula is C10H20N3O5PS. The van der Waals surface area contributed by atoms with E-state index >= 15 is 0 Å². The van der Waals surface area contributed by atoms with Crippen LogP contribution in [0.5, 0.6) is 0 Å². The van der Waals surface area contributed by atoms with Crippen molar-refractivity contribution in [3.05, 3.63) is 0 Å². The molecule has 0 spiro atoms. The van der Waals surface area contributed by atoms with E-state index in [1.165, 1.54) is 0 Å². The van der Waals surface area contributed by atoms with Gasteiger partial charge < -0.3 is 20.6 Å². The molecule has 2 rings (SSSR count). The van der Waals surface area contributed by atoms with E-state index in [-0.39, 0.29) is 24.5 Å². The van der Waals surface area contributed by atoms with Gasteiger partial charge in [0, 0.05) is 17.4 Å². The quantitative estimate of drug-likeness (QED) is 0.274. The highest BCUT2D eigenvalue weighted by Gasteiger charge is 2.42. The van der Waals surface area contributed by atoms with Crippen molar-refractivity contribution in [2.45, 2.75) is 43.0 Å². The first kappa shape index (κ1) is 17.3. The summed E-state index contributed by atoms with van der Waals surface area (Å²) in [7, 11) is -2.63. The number of thioether (sulfide) groups is 1. The van der Waals surface area contributed by atoms with Gasteiger partial charge in [-0.25, -0.2) is 4.79 Å².